The standard InChI is InChI=1S/C14H11F2NO2/c15-10-5-6-13(11(16)8-10)17-12-4-2-1-3-9(12)7-14(18)19/h1-6,8,17H,7H2,(H,18,19)/p-1. The molecule has 0 bridgehead atoms. The van der Waals surface area contributed by atoms with Crippen molar-refractivity contribution in [2.45, 2.75) is 6.42 Å². The number of aliphatic carboxylic acids is 1. The third-order valence-corrected chi connectivity index (χ3v) is 2.55. The fourth-order valence-corrected chi connectivity index (χ4v) is 1.69. The minimum Gasteiger partial charge on any atom is -0.550 e. The van der Waals surface area contributed by atoms with Crippen molar-refractivity contribution in [2.75, 3.05) is 5.32 Å². The number of hydrogen-bond donors (Lipinski definition) is 1. The molecule has 3 nitrogen and oxygen atoms in total. The van der Waals surface area contributed by atoms with E-state index >= 15 is 0 Å². The molecule has 0 saturated carbocycles. The highest BCUT2D eigenvalue weighted by Crippen LogP contribution is 2.23. The van der Waals surface area contributed by atoms with Crippen molar-refractivity contribution in [3.63, 3.8) is 0 Å². The van der Waals surface area contributed by atoms with Gasteiger partial charge in [0, 0.05) is 24.1 Å². The fourth-order valence-electron chi connectivity index (χ4n) is 1.69. The third-order valence-electron chi connectivity index (χ3n) is 2.55. The molecule has 0 aliphatic carbocycles. The maximum Gasteiger partial charge on any atom is 0.149 e. The highest BCUT2D eigenvalue weighted by atomic mass is 19.1. The van der Waals surface area contributed by atoms with E-state index in [1.807, 2.05) is 0 Å². The topological polar surface area (TPSA) is 52.2 Å². The lowest BCUT2D eigenvalue weighted by Gasteiger charge is -2.13. The van der Waals surface area contributed by atoms with E-state index in [-0.39, 0.29) is 12.1 Å². The monoisotopic (exact) mass is 262 g/mol. The Morgan fingerprint density at radius 1 is 1.11 bits per heavy atom. The summed E-state index contributed by atoms with van der Waals surface area (Å²) in [7, 11) is 0. The predicted molar refractivity (Wildman–Crippen MR) is 64.8 cm³/mol. The first-order chi connectivity index (χ1) is 9.06. The molecular weight excluding hydrogens is 252 g/mol. The molecule has 0 radical (unpaired) electrons. The highest BCUT2D eigenvalue weighted by molar-refractivity contribution is 5.73. The van der Waals surface area contributed by atoms with Gasteiger partial charge < -0.3 is 15.2 Å². The van der Waals surface area contributed by atoms with E-state index in [1.54, 1.807) is 24.3 Å². The molecule has 98 valence electrons. The van der Waals surface area contributed by atoms with Crippen LogP contribution in [0.5, 0.6) is 0 Å². The zero-order chi connectivity index (χ0) is 13.8. The Balaban J connectivity index is 2.30. The summed E-state index contributed by atoms with van der Waals surface area (Å²) in [6.45, 7) is 0. The molecule has 0 heterocycles. The van der Waals surface area contributed by atoms with Crippen LogP contribution < -0.4 is 10.4 Å². The Labute approximate surface area is 108 Å². The summed E-state index contributed by atoms with van der Waals surface area (Å²) in [5.41, 5.74) is 0.982. The predicted octanol–water partition coefficient (Wildman–Crippen LogP) is 2.00. The van der Waals surface area contributed by atoms with E-state index in [9.17, 15) is 18.7 Å². The first-order valence-electron chi connectivity index (χ1n) is 5.56. The number of benzene rings is 2. The van der Waals surface area contributed by atoms with Gasteiger partial charge >= 0.3 is 0 Å². The molecule has 19 heavy (non-hydrogen) atoms. The van der Waals surface area contributed by atoms with E-state index in [2.05, 4.69) is 5.32 Å². The van der Waals surface area contributed by atoms with Gasteiger partial charge in [-0.05, 0) is 23.8 Å². The van der Waals surface area contributed by atoms with Crippen molar-refractivity contribution in [3.05, 3.63) is 59.7 Å². The lowest BCUT2D eigenvalue weighted by Crippen LogP contribution is -2.24. The van der Waals surface area contributed by atoms with Crippen molar-refractivity contribution in [1.82, 2.24) is 0 Å². The van der Waals surface area contributed by atoms with Gasteiger partial charge in [0.25, 0.3) is 0 Å². The molecule has 0 fully saturated rings. The summed E-state index contributed by atoms with van der Waals surface area (Å²) in [6.07, 6.45) is -0.286. The van der Waals surface area contributed by atoms with E-state index < -0.39 is 17.6 Å². The molecule has 2 aromatic rings. The minimum atomic E-state index is -1.23. The Morgan fingerprint density at radius 2 is 1.84 bits per heavy atom. The summed E-state index contributed by atoms with van der Waals surface area (Å²) in [6, 6.07) is 9.69. The van der Waals surface area contributed by atoms with E-state index in [0.717, 1.165) is 12.1 Å². The van der Waals surface area contributed by atoms with Crippen LogP contribution in [-0.2, 0) is 11.2 Å². The van der Waals surface area contributed by atoms with Gasteiger partial charge in [-0.1, -0.05) is 18.2 Å². The molecule has 5 heteroatoms. The number of carboxylic acids is 1. The van der Waals surface area contributed by atoms with Crippen LogP contribution in [0.1, 0.15) is 5.56 Å². The first kappa shape index (κ1) is 13.0. The fraction of sp³-hybridized carbons (Fsp3) is 0.0714. The van der Waals surface area contributed by atoms with Crippen molar-refractivity contribution in [3.8, 4) is 0 Å². The molecule has 0 aliphatic heterocycles. The number of carbonyl (C=O) groups is 1. The van der Waals surface area contributed by atoms with Crippen LogP contribution in [0.3, 0.4) is 0 Å². The highest BCUT2D eigenvalue weighted by Gasteiger charge is 2.07. The van der Waals surface area contributed by atoms with Crippen LogP contribution in [0.4, 0.5) is 20.2 Å². The number of para-hydroxylation sites is 1. The Bertz CT molecular complexity index is 614. The normalized spacial score (nSPS) is 10.2. The Morgan fingerprint density at radius 3 is 2.53 bits per heavy atom. The average Bonchev–Trinajstić information content (AvgIpc) is 2.34. The molecule has 2 rings (SSSR count). The van der Waals surface area contributed by atoms with E-state index in [0.29, 0.717) is 11.3 Å². The summed E-state index contributed by atoms with van der Waals surface area (Å²) in [5, 5.41) is 13.4. The molecule has 0 aromatic heterocycles. The van der Waals surface area contributed by atoms with Crippen molar-refractivity contribution in [1.29, 1.82) is 0 Å². The maximum absolute atomic E-state index is 13.5. The van der Waals surface area contributed by atoms with Gasteiger partial charge in [-0.2, -0.15) is 0 Å². The quantitative estimate of drug-likeness (QED) is 0.916. The second-order valence-corrected chi connectivity index (χ2v) is 3.96. The summed E-state index contributed by atoms with van der Waals surface area (Å²) in [5.74, 6) is -2.65. The van der Waals surface area contributed by atoms with Crippen LogP contribution in [0.15, 0.2) is 42.5 Å². The van der Waals surface area contributed by atoms with Gasteiger partial charge in [-0.25, -0.2) is 8.78 Å². The number of rotatable bonds is 4. The number of hydrogen-bond acceptors (Lipinski definition) is 3. The molecule has 0 amide bonds. The lowest BCUT2D eigenvalue weighted by molar-refractivity contribution is -0.304. The SMILES string of the molecule is O=C([O-])Cc1ccccc1Nc1ccc(F)cc1F. The van der Waals surface area contributed by atoms with Crippen LogP contribution in [0.2, 0.25) is 0 Å². The molecule has 0 spiro atoms. The molecular formula is C14H10F2NO2-. The summed E-state index contributed by atoms with van der Waals surface area (Å²) >= 11 is 0. The van der Waals surface area contributed by atoms with Gasteiger partial charge in [0.2, 0.25) is 0 Å². The number of carbonyl (C=O) groups excluding carboxylic acids is 1. The molecule has 0 atom stereocenters. The number of anilines is 2. The molecule has 0 aliphatic rings. The van der Waals surface area contributed by atoms with Crippen LogP contribution in [0.25, 0.3) is 0 Å². The van der Waals surface area contributed by atoms with Gasteiger partial charge in [0.15, 0.2) is 0 Å². The van der Waals surface area contributed by atoms with Crippen LogP contribution in [-0.4, -0.2) is 5.97 Å². The van der Waals surface area contributed by atoms with Gasteiger partial charge in [-0.3, -0.25) is 0 Å². The molecule has 1 N–H and O–H groups in total. The second-order valence-electron chi connectivity index (χ2n) is 3.96. The molecule has 2 aromatic carbocycles. The average molecular weight is 262 g/mol. The van der Waals surface area contributed by atoms with Crippen molar-refractivity contribution in [2.24, 2.45) is 0 Å². The smallest absolute Gasteiger partial charge is 0.149 e. The second kappa shape index (κ2) is 5.48. The third kappa shape index (κ3) is 3.28. The first-order valence-corrected chi connectivity index (χ1v) is 5.56. The molecule has 0 unspecified atom stereocenters. The number of nitrogens with one attached hydrogen (secondary N) is 1. The summed E-state index contributed by atoms with van der Waals surface area (Å²) < 4.78 is 26.3. The summed E-state index contributed by atoms with van der Waals surface area (Å²) in [4.78, 5) is 10.6. The van der Waals surface area contributed by atoms with Crippen molar-refractivity contribution < 1.29 is 18.7 Å². The zero-order valence-electron chi connectivity index (χ0n) is 9.82. The maximum atomic E-state index is 13.5. The van der Waals surface area contributed by atoms with E-state index in [4.69, 9.17) is 0 Å². The zero-order valence-corrected chi connectivity index (χ0v) is 9.82. The van der Waals surface area contributed by atoms with Gasteiger partial charge in [0.05, 0.1) is 5.69 Å². The largest absolute Gasteiger partial charge is 0.550 e. The van der Waals surface area contributed by atoms with Crippen LogP contribution in [0, 0.1) is 11.6 Å². The van der Waals surface area contributed by atoms with E-state index in [1.165, 1.54) is 6.07 Å². The number of carboxylic acid groups (broad SMARTS) is 1. The lowest BCUT2D eigenvalue weighted by atomic mass is 10.1. The molecule has 0 saturated heterocycles. The van der Waals surface area contributed by atoms with Gasteiger partial charge in [0.1, 0.15) is 11.6 Å². The van der Waals surface area contributed by atoms with Crippen LogP contribution >= 0.6 is 0 Å². The number of halogens is 2. The van der Waals surface area contributed by atoms with Gasteiger partial charge in [-0.15, -0.1) is 0 Å². The van der Waals surface area contributed by atoms with Crippen molar-refractivity contribution >= 4 is 17.3 Å². The Kier molecular flexibility index (Phi) is 3.75. The Hall–Kier alpha value is -2.43. The minimum absolute atomic E-state index is 0.0761.